The smallest absolute Gasteiger partial charge is 0.663 e. The Morgan fingerprint density at radius 2 is 1.73 bits per heavy atom. The third-order valence-corrected chi connectivity index (χ3v) is 2.78. The van der Waals surface area contributed by atoms with Crippen LogP contribution in [0.25, 0.3) is 5.32 Å². The normalized spacial score (nSPS) is 19.8. The Bertz CT molecular complexity index is 137. The maximum absolute atomic E-state index is 5.55. The summed E-state index contributed by atoms with van der Waals surface area (Å²) in [6.45, 7) is 7.10. The zero-order valence-corrected chi connectivity index (χ0v) is 14.5. The Hall–Kier alpha value is 1.52. The van der Waals surface area contributed by atoms with E-state index < -0.39 is 0 Å². The molecule has 0 N–H and O–H groups in total. The molecule has 3 nitrogen and oxygen atoms in total. The molecule has 1 rings (SSSR count). The third-order valence-electron chi connectivity index (χ3n) is 2.78. The van der Waals surface area contributed by atoms with E-state index in [4.69, 9.17) is 4.74 Å². The number of hydrogen-bond donors (Lipinski definition) is 0. The molecule has 1 aliphatic heterocycles. The average Bonchev–Trinajstić information content (AvgIpc) is 2.25. The van der Waals surface area contributed by atoms with Crippen LogP contribution in [0.2, 0.25) is 0 Å². The van der Waals surface area contributed by atoms with Gasteiger partial charge in [-0.05, 0) is 19.9 Å². The molecule has 0 aromatic heterocycles. The molecule has 4 heteroatoms. The summed E-state index contributed by atoms with van der Waals surface area (Å²) in [6, 6.07) is 0. The predicted octanol–water partition coefficient (Wildman–Crippen LogP) is -0.869. The van der Waals surface area contributed by atoms with Gasteiger partial charge < -0.3 is 15.0 Å². The molecule has 0 unspecified atom stereocenters. The Kier molecular flexibility index (Phi) is 13.4. The van der Waals surface area contributed by atoms with Crippen LogP contribution in [0.15, 0.2) is 0 Å². The number of rotatable bonds is 3. The van der Waals surface area contributed by atoms with Gasteiger partial charge in [0.2, 0.25) is 0 Å². The molecule has 0 atom stereocenters. The fraction of sp³-hybridized carbons (Fsp3) is 1.00. The van der Waals surface area contributed by atoms with Crippen molar-refractivity contribution in [2.75, 3.05) is 40.8 Å². The van der Waals surface area contributed by atoms with E-state index in [-0.39, 0.29) is 57.0 Å². The number of piperidine rings is 1. The third kappa shape index (κ3) is 6.73. The van der Waals surface area contributed by atoms with Crippen LogP contribution in [-0.2, 0) is 4.74 Å². The first-order valence-electron chi connectivity index (χ1n) is 5.52. The fourth-order valence-corrected chi connectivity index (χ4v) is 1.74. The zero-order chi connectivity index (χ0) is 11.0. The molecular weight excluding hydrogens is 215 g/mol. The first-order chi connectivity index (χ1) is 6.72. The number of likely N-dealkylation sites (N-methyl/N-ethyl adjacent to an activating group) is 1. The van der Waals surface area contributed by atoms with E-state index >= 15 is 0 Å². The first kappa shape index (κ1) is 18.9. The second-order valence-electron chi connectivity index (χ2n) is 3.66. The fourth-order valence-electron chi connectivity index (χ4n) is 1.74. The molecule has 0 aliphatic carbocycles. The van der Waals surface area contributed by atoms with Gasteiger partial charge in [-0.15, -0.1) is 6.54 Å². The van der Waals surface area contributed by atoms with Gasteiger partial charge in [0.25, 0.3) is 0 Å². The first-order valence-corrected chi connectivity index (χ1v) is 5.52. The number of likely N-dealkylation sites (tertiary alicyclic amines) is 1. The molecule has 0 aromatic carbocycles. The van der Waals surface area contributed by atoms with Crippen molar-refractivity contribution in [3.63, 3.8) is 0 Å². The Balaban J connectivity index is 0. The quantitative estimate of drug-likeness (QED) is 0.600. The topological polar surface area (TPSA) is 26.6 Å². The summed E-state index contributed by atoms with van der Waals surface area (Å²) in [5.41, 5.74) is 0.0429. The van der Waals surface area contributed by atoms with Crippen molar-refractivity contribution in [2.24, 2.45) is 0 Å². The van der Waals surface area contributed by atoms with Crippen molar-refractivity contribution in [1.29, 1.82) is 0 Å². The molecule has 1 heterocycles. The van der Waals surface area contributed by atoms with Gasteiger partial charge in [0.05, 0.1) is 5.60 Å². The van der Waals surface area contributed by atoms with Gasteiger partial charge in [-0.25, -0.2) is 0 Å². The van der Waals surface area contributed by atoms with Gasteiger partial charge in [0, 0.05) is 20.2 Å². The van der Waals surface area contributed by atoms with E-state index in [2.05, 4.69) is 17.3 Å². The van der Waals surface area contributed by atoms with Crippen molar-refractivity contribution in [3.05, 3.63) is 5.32 Å². The molecule has 0 bridgehead atoms. The molecule has 1 saturated heterocycles. The molecule has 86 valence electrons. The van der Waals surface area contributed by atoms with Crippen molar-refractivity contribution < 1.29 is 56.1 Å². The Labute approximate surface area is 138 Å². The molecular formula is C11H25KN2O. The summed E-state index contributed by atoms with van der Waals surface area (Å²) in [5, 5.41) is 4.18. The van der Waals surface area contributed by atoms with E-state index in [9.17, 15) is 0 Å². The number of hydrogen-bond acceptors (Lipinski definition) is 2. The minimum atomic E-state index is 0. The van der Waals surface area contributed by atoms with E-state index in [0.29, 0.717) is 0 Å². The van der Waals surface area contributed by atoms with Crippen molar-refractivity contribution in [1.82, 2.24) is 4.90 Å². The average molecular weight is 240 g/mol. The van der Waals surface area contributed by atoms with Crippen LogP contribution >= 0.6 is 0 Å². The van der Waals surface area contributed by atoms with Gasteiger partial charge in [-0.3, -0.25) is 0 Å². The standard InChI is InChI=1S/C9H19N2O.C2H6.K/c1-10-8-9(12-3)4-6-11(2)7-5-9;1-2;/h4-8H2,1-3H3;1-2H3;/q-1;;+1. The van der Waals surface area contributed by atoms with Crippen molar-refractivity contribution in [2.45, 2.75) is 32.3 Å². The van der Waals surface area contributed by atoms with Crippen LogP contribution in [0.4, 0.5) is 0 Å². The number of methoxy groups -OCH3 is 1. The molecule has 0 saturated carbocycles. The van der Waals surface area contributed by atoms with Crippen LogP contribution in [0.5, 0.6) is 0 Å². The van der Waals surface area contributed by atoms with Gasteiger partial charge in [-0.2, -0.15) is 7.05 Å². The molecule has 0 radical (unpaired) electrons. The second-order valence-corrected chi connectivity index (χ2v) is 3.66. The summed E-state index contributed by atoms with van der Waals surface area (Å²) < 4.78 is 5.55. The second kappa shape index (κ2) is 10.7. The molecule has 0 spiro atoms. The molecule has 15 heavy (non-hydrogen) atoms. The van der Waals surface area contributed by atoms with Crippen LogP contribution in [0.3, 0.4) is 0 Å². The van der Waals surface area contributed by atoms with Gasteiger partial charge >= 0.3 is 51.4 Å². The van der Waals surface area contributed by atoms with Crippen LogP contribution in [0, 0.1) is 0 Å². The largest absolute Gasteiger partial charge is 1.00 e. The molecule has 1 fully saturated rings. The summed E-state index contributed by atoms with van der Waals surface area (Å²) in [5.74, 6) is 0. The molecule has 1 aliphatic rings. The van der Waals surface area contributed by atoms with E-state index in [0.717, 1.165) is 32.5 Å². The Morgan fingerprint density at radius 3 is 2.07 bits per heavy atom. The van der Waals surface area contributed by atoms with Gasteiger partial charge in [0.15, 0.2) is 0 Å². The maximum atomic E-state index is 5.55. The number of nitrogens with zero attached hydrogens (tertiary/aromatic N) is 2. The molecule has 0 amide bonds. The van der Waals surface area contributed by atoms with Crippen molar-refractivity contribution >= 4 is 0 Å². The molecule has 0 aromatic rings. The summed E-state index contributed by atoms with van der Waals surface area (Å²) in [6.07, 6.45) is 2.22. The van der Waals surface area contributed by atoms with Crippen molar-refractivity contribution in [3.8, 4) is 0 Å². The minimum absolute atomic E-state index is 0. The zero-order valence-electron chi connectivity index (χ0n) is 11.3. The summed E-state index contributed by atoms with van der Waals surface area (Å²) in [4.78, 5) is 2.34. The Morgan fingerprint density at radius 1 is 1.27 bits per heavy atom. The van der Waals surface area contributed by atoms with Crippen LogP contribution in [-0.4, -0.2) is 51.3 Å². The number of ether oxygens (including phenoxy) is 1. The van der Waals surface area contributed by atoms with E-state index in [1.54, 1.807) is 7.11 Å². The van der Waals surface area contributed by atoms with E-state index in [1.165, 1.54) is 0 Å². The monoisotopic (exact) mass is 240 g/mol. The maximum Gasteiger partial charge on any atom is 1.00 e. The predicted molar refractivity (Wildman–Crippen MR) is 62.0 cm³/mol. The van der Waals surface area contributed by atoms with Gasteiger partial charge in [-0.1, -0.05) is 13.8 Å². The van der Waals surface area contributed by atoms with Gasteiger partial charge in [0.1, 0.15) is 0 Å². The van der Waals surface area contributed by atoms with Crippen LogP contribution < -0.4 is 51.4 Å². The minimum Gasteiger partial charge on any atom is -0.663 e. The van der Waals surface area contributed by atoms with Crippen LogP contribution in [0.1, 0.15) is 26.7 Å². The summed E-state index contributed by atoms with van der Waals surface area (Å²) in [7, 11) is 5.82. The van der Waals surface area contributed by atoms with E-state index in [1.807, 2.05) is 20.9 Å². The SMILES string of the molecule is CC.C[N-]CC1(OC)CCN(C)CC1.[K+]. The summed E-state index contributed by atoms with van der Waals surface area (Å²) >= 11 is 0.